The molecule has 9 heteroatoms. The Balaban J connectivity index is 2.28. The molecule has 0 atom stereocenters. The second kappa shape index (κ2) is 9.67. The summed E-state index contributed by atoms with van der Waals surface area (Å²) in [6.45, 7) is 4.07. The van der Waals surface area contributed by atoms with Crippen molar-refractivity contribution < 1.29 is 5.11 Å². The lowest BCUT2D eigenvalue weighted by molar-refractivity contribution is 0.394. The molecule has 0 radical (unpaired) electrons. The highest BCUT2D eigenvalue weighted by atomic mass is 32.1. The van der Waals surface area contributed by atoms with Gasteiger partial charge in [-0.2, -0.15) is 5.10 Å². The average Bonchev–Trinajstić information content (AvgIpc) is 2.64. The van der Waals surface area contributed by atoms with Gasteiger partial charge in [0, 0.05) is 12.2 Å². The van der Waals surface area contributed by atoms with Crippen LogP contribution in [0.15, 0.2) is 45.0 Å². The maximum atomic E-state index is 12.2. The van der Waals surface area contributed by atoms with E-state index in [1.165, 1.54) is 0 Å². The van der Waals surface area contributed by atoms with Crippen LogP contribution in [0.3, 0.4) is 0 Å². The van der Waals surface area contributed by atoms with E-state index in [1.807, 2.05) is 37.3 Å². The third-order valence-electron chi connectivity index (χ3n) is 3.85. The zero-order valence-electron chi connectivity index (χ0n) is 15.3. The molecule has 0 fully saturated rings. The third-order valence-corrected chi connectivity index (χ3v) is 4.05. The molecule has 0 aliphatic heterocycles. The molecule has 0 aliphatic carbocycles. The first kappa shape index (κ1) is 20.4. The number of rotatable bonds is 7. The summed E-state index contributed by atoms with van der Waals surface area (Å²) >= 11 is 5.19. The van der Waals surface area contributed by atoms with E-state index in [-0.39, 0.29) is 22.3 Å². The fourth-order valence-electron chi connectivity index (χ4n) is 2.45. The molecule has 0 saturated carbocycles. The van der Waals surface area contributed by atoms with Crippen molar-refractivity contribution in [2.75, 3.05) is 5.32 Å². The molecule has 144 valence electrons. The maximum Gasteiger partial charge on any atom is 0.331 e. The predicted octanol–water partition coefficient (Wildman–Crippen LogP) is 2.14. The number of hydrogen-bond acceptors (Lipinski definition) is 5. The van der Waals surface area contributed by atoms with Crippen molar-refractivity contribution in [3.8, 4) is 5.88 Å². The maximum absolute atomic E-state index is 12.2. The van der Waals surface area contributed by atoms with Crippen molar-refractivity contribution in [3.05, 3.63) is 56.7 Å². The number of unbranched alkanes of at least 4 members (excludes halogenated alkanes) is 1. The van der Waals surface area contributed by atoms with E-state index < -0.39 is 11.2 Å². The lowest BCUT2D eigenvalue weighted by Crippen LogP contribution is -2.35. The SMILES string of the molecule is CCCCn1c(O)c(/C(CC)=N/NC(=S)Nc2ccccc2)c(=O)[nH]c1=O. The van der Waals surface area contributed by atoms with Crippen molar-refractivity contribution in [2.45, 2.75) is 39.7 Å². The van der Waals surface area contributed by atoms with E-state index in [1.54, 1.807) is 6.92 Å². The van der Waals surface area contributed by atoms with Crippen LogP contribution in [0, 0.1) is 0 Å². The van der Waals surface area contributed by atoms with Crippen LogP contribution in [-0.4, -0.2) is 25.5 Å². The summed E-state index contributed by atoms with van der Waals surface area (Å²) in [6.07, 6.45) is 1.89. The number of benzene rings is 1. The number of H-pyrrole nitrogens is 1. The van der Waals surface area contributed by atoms with Gasteiger partial charge in [0.1, 0.15) is 5.56 Å². The number of nitrogens with one attached hydrogen (secondary N) is 3. The van der Waals surface area contributed by atoms with Crippen molar-refractivity contribution in [1.82, 2.24) is 15.0 Å². The van der Waals surface area contributed by atoms with E-state index in [2.05, 4.69) is 20.8 Å². The molecule has 1 aromatic carbocycles. The number of hydrazone groups is 1. The normalized spacial score (nSPS) is 11.3. The third kappa shape index (κ3) is 5.27. The topological polar surface area (TPSA) is 112 Å². The van der Waals surface area contributed by atoms with Gasteiger partial charge in [0.15, 0.2) is 5.11 Å². The van der Waals surface area contributed by atoms with Gasteiger partial charge in [-0.3, -0.25) is 19.8 Å². The van der Waals surface area contributed by atoms with Gasteiger partial charge in [-0.25, -0.2) is 4.79 Å². The fraction of sp³-hybridized carbons (Fsp3) is 0.333. The Kier molecular flexibility index (Phi) is 7.30. The lowest BCUT2D eigenvalue weighted by atomic mass is 10.1. The second-order valence-electron chi connectivity index (χ2n) is 5.81. The first-order valence-corrected chi connectivity index (χ1v) is 9.13. The van der Waals surface area contributed by atoms with E-state index in [4.69, 9.17) is 12.2 Å². The molecule has 2 rings (SSSR count). The van der Waals surface area contributed by atoms with Crippen LogP contribution in [0.5, 0.6) is 5.88 Å². The van der Waals surface area contributed by atoms with E-state index in [9.17, 15) is 14.7 Å². The predicted molar refractivity (Wildman–Crippen MR) is 111 cm³/mol. The van der Waals surface area contributed by atoms with Gasteiger partial charge in [0.2, 0.25) is 5.88 Å². The lowest BCUT2D eigenvalue weighted by Gasteiger charge is -2.12. The molecular weight excluding hydrogens is 366 g/mol. The molecule has 27 heavy (non-hydrogen) atoms. The van der Waals surface area contributed by atoms with Crippen molar-refractivity contribution in [1.29, 1.82) is 0 Å². The van der Waals surface area contributed by atoms with E-state index in [0.717, 1.165) is 16.7 Å². The van der Waals surface area contributed by atoms with Gasteiger partial charge < -0.3 is 10.4 Å². The standard InChI is InChI=1S/C18H23N5O3S/c1-3-5-11-23-16(25)14(15(24)20-18(23)26)13(4-2)21-22-17(27)19-12-9-7-6-8-10-12/h6-10,25H,3-5,11H2,1-2H3,(H2,19,22,27)(H,20,24,26)/b21-13+. The Morgan fingerprint density at radius 3 is 2.59 bits per heavy atom. The number of hydrogen-bond donors (Lipinski definition) is 4. The Morgan fingerprint density at radius 1 is 1.26 bits per heavy atom. The van der Waals surface area contributed by atoms with Gasteiger partial charge in [-0.15, -0.1) is 0 Å². The van der Waals surface area contributed by atoms with Gasteiger partial charge in [0.25, 0.3) is 5.56 Å². The summed E-state index contributed by atoms with van der Waals surface area (Å²) in [6, 6.07) is 9.31. The zero-order chi connectivity index (χ0) is 19.8. The van der Waals surface area contributed by atoms with Gasteiger partial charge in [-0.1, -0.05) is 38.5 Å². The highest BCUT2D eigenvalue weighted by molar-refractivity contribution is 7.80. The molecule has 4 N–H and O–H groups in total. The molecule has 2 aromatic rings. The van der Waals surface area contributed by atoms with Crippen LogP contribution in [0.2, 0.25) is 0 Å². The highest BCUT2D eigenvalue weighted by Crippen LogP contribution is 2.14. The number of anilines is 1. The van der Waals surface area contributed by atoms with Crippen molar-refractivity contribution in [2.24, 2.45) is 5.10 Å². The van der Waals surface area contributed by atoms with Crippen molar-refractivity contribution in [3.63, 3.8) is 0 Å². The minimum atomic E-state index is -0.686. The molecule has 0 aliphatic rings. The zero-order valence-corrected chi connectivity index (χ0v) is 16.1. The molecule has 8 nitrogen and oxygen atoms in total. The number of para-hydroxylation sites is 1. The summed E-state index contributed by atoms with van der Waals surface area (Å²) < 4.78 is 1.14. The number of aromatic nitrogens is 2. The van der Waals surface area contributed by atoms with E-state index >= 15 is 0 Å². The fourth-order valence-corrected chi connectivity index (χ4v) is 2.62. The second-order valence-corrected chi connectivity index (χ2v) is 6.22. The monoisotopic (exact) mass is 389 g/mol. The molecule has 1 aromatic heterocycles. The smallest absolute Gasteiger partial charge is 0.331 e. The minimum Gasteiger partial charge on any atom is -0.494 e. The van der Waals surface area contributed by atoms with E-state index in [0.29, 0.717) is 19.4 Å². The molecular formula is C18H23N5O3S. The highest BCUT2D eigenvalue weighted by Gasteiger charge is 2.18. The Bertz CT molecular complexity index is 934. The van der Waals surface area contributed by atoms with Crippen LogP contribution >= 0.6 is 12.2 Å². The average molecular weight is 389 g/mol. The van der Waals surface area contributed by atoms with Crippen LogP contribution in [-0.2, 0) is 6.54 Å². The largest absolute Gasteiger partial charge is 0.494 e. The first-order chi connectivity index (χ1) is 13.0. The number of nitrogens with zero attached hydrogens (tertiary/aromatic N) is 2. The summed E-state index contributed by atoms with van der Waals surface area (Å²) in [5, 5.41) is 17.8. The van der Waals surface area contributed by atoms with Gasteiger partial charge >= 0.3 is 5.69 Å². The van der Waals surface area contributed by atoms with Gasteiger partial charge in [-0.05, 0) is 37.2 Å². The summed E-state index contributed by atoms with van der Waals surface area (Å²) in [7, 11) is 0. The Labute approximate surface area is 161 Å². The van der Waals surface area contributed by atoms with Crippen LogP contribution < -0.4 is 22.0 Å². The number of thiocarbonyl (C=S) groups is 1. The number of aromatic amines is 1. The van der Waals surface area contributed by atoms with Gasteiger partial charge in [0.05, 0.1) is 5.71 Å². The molecule has 1 heterocycles. The molecule has 0 unspecified atom stereocenters. The number of aromatic hydroxyl groups is 1. The Hall–Kier alpha value is -2.94. The Morgan fingerprint density at radius 2 is 1.96 bits per heavy atom. The summed E-state index contributed by atoms with van der Waals surface area (Å²) in [4.78, 5) is 26.4. The molecule has 0 amide bonds. The first-order valence-electron chi connectivity index (χ1n) is 8.73. The van der Waals surface area contributed by atoms with Crippen LogP contribution in [0.25, 0.3) is 0 Å². The van der Waals surface area contributed by atoms with Crippen molar-refractivity contribution >= 4 is 28.7 Å². The quantitative estimate of drug-likeness (QED) is 0.328. The molecule has 0 spiro atoms. The molecule has 0 bridgehead atoms. The van der Waals surface area contributed by atoms with Crippen LogP contribution in [0.1, 0.15) is 38.7 Å². The van der Waals surface area contributed by atoms with Crippen LogP contribution in [0.4, 0.5) is 5.69 Å². The minimum absolute atomic E-state index is 0.0387. The molecule has 0 saturated heterocycles. The summed E-state index contributed by atoms with van der Waals surface area (Å²) in [5.74, 6) is -0.387. The summed E-state index contributed by atoms with van der Waals surface area (Å²) in [5.41, 5.74) is 2.38.